The number of carbonyl (C=O) groups is 1. The second kappa shape index (κ2) is 7.83. The van der Waals surface area contributed by atoms with Gasteiger partial charge in [0.1, 0.15) is 13.2 Å². The van der Waals surface area contributed by atoms with Crippen LogP contribution in [0, 0.1) is 0 Å². The van der Waals surface area contributed by atoms with Crippen molar-refractivity contribution in [3.05, 3.63) is 0 Å². The summed E-state index contributed by atoms with van der Waals surface area (Å²) in [6, 6.07) is 0. The summed E-state index contributed by atoms with van der Waals surface area (Å²) in [4.78, 5) is 10.3. The van der Waals surface area contributed by atoms with Crippen molar-refractivity contribution in [3.63, 3.8) is 0 Å². The minimum Gasteiger partial charge on any atom is -1.00 e. The predicted molar refractivity (Wildman–Crippen MR) is 49.9 cm³/mol. The average Bonchev–Trinajstić information content (AvgIpc) is 1.59. The molecule has 0 aromatic carbocycles. The van der Waals surface area contributed by atoms with Gasteiger partial charge >= 0.3 is 5.97 Å². The van der Waals surface area contributed by atoms with E-state index in [1.54, 1.807) is 0 Å². The van der Waals surface area contributed by atoms with E-state index in [-0.39, 0.29) is 35.4 Å². The van der Waals surface area contributed by atoms with Gasteiger partial charge in [-0.3, -0.25) is 4.79 Å². The lowest BCUT2D eigenvalue weighted by molar-refractivity contribution is -0.870. The zero-order chi connectivity index (χ0) is 8.20. The maximum atomic E-state index is 10.3. The van der Waals surface area contributed by atoms with E-state index >= 15 is 0 Å². The molecule has 0 amide bonds. The molecule has 0 aliphatic carbocycles. The van der Waals surface area contributed by atoms with Crippen LogP contribution >= 0.6 is 17.0 Å². The fraction of sp³-hybridized carbons (Fsp3) is 0.857. The van der Waals surface area contributed by atoms with Crippen LogP contribution in [0.3, 0.4) is 0 Å². The van der Waals surface area contributed by atoms with Gasteiger partial charge in [-0.25, -0.2) is 0 Å². The third-order valence-electron chi connectivity index (χ3n) is 1.07. The van der Waals surface area contributed by atoms with Gasteiger partial charge in [0.05, 0.1) is 21.1 Å². The first-order valence-corrected chi connectivity index (χ1v) is 3.35. The standard InChI is InChI=1S/C7H16NO2.BrH.ClH/c1-7(9)10-6-5-8(2,3)4;;/h5-6H2,1-4H3;2*1H/q+1;;/p-1. The van der Waals surface area contributed by atoms with Gasteiger partial charge in [0.2, 0.25) is 0 Å². The van der Waals surface area contributed by atoms with Crippen LogP contribution in [-0.4, -0.2) is 44.7 Å². The number of halogens is 2. The summed E-state index contributed by atoms with van der Waals surface area (Å²) in [7, 11) is 6.18. The van der Waals surface area contributed by atoms with E-state index in [4.69, 9.17) is 4.74 Å². The van der Waals surface area contributed by atoms with E-state index in [1.807, 2.05) is 0 Å². The van der Waals surface area contributed by atoms with Gasteiger partial charge in [-0.1, -0.05) is 0 Å². The summed E-state index contributed by atoms with van der Waals surface area (Å²) in [6.07, 6.45) is 0. The molecule has 0 unspecified atom stereocenters. The van der Waals surface area contributed by atoms with Crippen molar-refractivity contribution in [2.24, 2.45) is 0 Å². The molecule has 5 heteroatoms. The van der Waals surface area contributed by atoms with Gasteiger partial charge in [-0.2, -0.15) is 0 Å². The number of hydrogen-bond donors (Lipinski definition) is 0. The number of quaternary nitrogens is 1. The van der Waals surface area contributed by atoms with Gasteiger partial charge in [-0.15, -0.1) is 17.0 Å². The highest BCUT2D eigenvalue weighted by molar-refractivity contribution is 8.93. The average molecular weight is 263 g/mol. The van der Waals surface area contributed by atoms with Crippen molar-refractivity contribution in [2.45, 2.75) is 6.92 Å². The lowest BCUT2D eigenvalue weighted by Crippen LogP contribution is -3.00. The Morgan fingerprint density at radius 2 is 1.75 bits per heavy atom. The van der Waals surface area contributed by atoms with Crippen LogP contribution in [0.25, 0.3) is 0 Å². The third-order valence-corrected chi connectivity index (χ3v) is 1.07. The van der Waals surface area contributed by atoms with Crippen LogP contribution in [0.2, 0.25) is 0 Å². The fourth-order valence-corrected chi connectivity index (χ4v) is 0.463. The monoisotopic (exact) mass is 261 g/mol. The molecule has 0 N–H and O–H groups in total. The highest BCUT2D eigenvalue weighted by Gasteiger charge is 2.06. The van der Waals surface area contributed by atoms with E-state index in [0.29, 0.717) is 6.61 Å². The summed E-state index contributed by atoms with van der Waals surface area (Å²) in [6.45, 7) is 2.80. The Labute approximate surface area is 90.8 Å². The number of esters is 1. The van der Waals surface area contributed by atoms with E-state index in [0.717, 1.165) is 11.0 Å². The van der Waals surface area contributed by atoms with Crippen molar-refractivity contribution in [3.8, 4) is 0 Å². The molecule has 0 radical (unpaired) electrons. The third kappa shape index (κ3) is 16.7. The number of likely N-dealkylation sites (N-methyl/N-ethyl adjacent to an activating group) is 1. The molecule has 0 aliphatic rings. The minimum atomic E-state index is -0.201. The van der Waals surface area contributed by atoms with E-state index in [9.17, 15) is 4.79 Å². The molecular weight excluding hydrogens is 245 g/mol. The zero-order valence-corrected chi connectivity index (χ0v) is 10.4. The first-order valence-electron chi connectivity index (χ1n) is 3.35. The second-order valence-electron chi connectivity index (χ2n) is 3.35. The number of ether oxygens (including phenoxy) is 1. The van der Waals surface area contributed by atoms with Crippen LogP contribution < -0.4 is 12.4 Å². The van der Waals surface area contributed by atoms with Gasteiger partial charge in [0.15, 0.2) is 0 Å². The van der Waals surface area contributed by atoms with Gasteiger partial charge in [-0.05, 0) is 0 Å². The molecule has 0 saturated carbocycles. The summed E-state index contributed by atoms with van der Waals surface area (Å²) >= 11 is 0. The molecule has 0 aromatic heterocycles. The zero-order valence-electron chi connectivity index (χ0n) is 7.96. The van der Waals surface area contributed by atoms with Crippen molar-refractivity contribution in [2.75, 3.05) is 34.3 Å². The summed E-state index contributed by atoms with van der Waals surface area (Å²) in [5, 5.41) is 0. The van der Waals surface area contributed by atoms with Gasteiger partial charge in [0, 0.05) is 6.92 Å². The molecule has 0 fully saturated rings. The first kappa shape index (κ1) is 18.1. The predicted octanol–water partition coefficient (Wildman–Crippen LogP) is -2.16. The lowest BCUT2D eigenvalue weighted by Gasteiger charge is -2.23. The van der Waals surface area contributed by atoms with Crippen molar-refractivity contribution >= 4 is 23.0 Å². The summed E-state index contributed by atoms with van der Waals surface area (Å²) < 4.78 is 5.59. The Balaban J connectivity index is -0.000000405. The molecule has 0 rings (SSSR count). The smallest absolute Gasteiger partial charge is 0.302 e. The number of hydrogen-bond acceptors (Lipinski definition) is 2. The Hall–Kier alpha value is 0.200. The molecule has 0 spiro atoms. The Morgan fingerprint density at radius 1 is 1.33 bits per heavy atom. The first-order chi connectivity index (χ1) is 4.42. The molecule has 0 saturated heterocycles. The number of carbonyl (C=O) groups excluding carboxylic acids is 1. The van der Waals surface area contributed by atoms with Crippen LogP contribution in [0.5, 0.6) is 0 Å². The quantitative estimate of drug-likeness (QED) is 0.428. The molecule has 0 atom stereocenters. The summed E-state index contributed by atoms with van der Waals surface area (Å²) in [5.41, 5.74) is 0. The number of nitrogens with zero attached hydrogens (tertiary/aromatic N) is 1. The SMILES string of the molecule is Br.CC(=O)OCC[N+](C)(C)C.[Cl-]. The highest BCUT2D eigenvalue weighted by Crippen LogP contribution is 1.88. The molecular formula is C7H17BrClNO2. The molecule has 12 heavy (non-hydrogen) atoms. The van der Waals surface area contributed by atoms with E-state index in [2.05, 4.69) is 21.1 Å². The summed E-state index contributed by atoms with van der Waals surface area (Å²) in [5.74, 6) is -0.201. The number of rotatable bonds is 3. The van der Waals surface area contributed by atoms with Crippen molar-refractivity contribution < 1.29 is 26.4 Å². The minimum absolute atomic E-state index is 0. The maximum absolute atomic E-state index is 10.3. The molecule has 0 aliphatic heterocycles. The topological polar surface area (TPSA) is 26.3 Å². The molecule has 0 bridgehead atoms. The van der Waals surface area contributed by atoms with E-state index < -0.39 is 0 Å². The van der Waals surface area contributed by atoms with Crippen LogP contribution in [-0.2, 0) is 9.53 Å². The molecule has 76 valence electrons. The van der Waals surface area contributed by atoms with Crippen LogP contribution in [0.15, 0.2) is 0 Å². The maximum Gasteiger partial charge on any atom is 0.302 e. The highest BCUT2D eigenvalue weighted by atomic mass is 79.9. The largest absolute Gasteiger partial charge is 1.00 e. The molecule has 0 heterocycles. The van der Waals surface area contributed by atoms with Gasteiger partial charge < -0.3 is 21.6 Å². The van der Waals surface area contributed by atoms with Gasteiger partial charge in [0.25, 0.3) is 0 Å². The normalized spacial score (nSPS) is 9.33. The Kier molecular flexibility index (Phi) is 11.8. The second-order valence-corrected chi connectivity index (χ2v) is 3.35. The lowest BCUT2D eigenvalue weighted by atomic mass is 10.5. The van der Waals surface area contributed by atoms with E-state index in [1.165, 1.54) is 6.92 Å². The van der Waals surface area contributed by atoms with Crippen molar-refractivity contribution in [1.82, 2.24) is 0 Å². The Bertz CT molecular complexity index is 125. The van der Waals surface area contributed by atoms with Crippen LogP contribution in [0.1, 0.15) is 6.92 Å². The molecule has 0 aromatic rings. The Morgan fingerprint density at radius 3 is 2.00 bits per heavy atom. The van der Waals surface area contributed by atoms with Crippen molar-refractivity contribution in [1.29, 1.82) is 0 Å². The molecule has 3 nitrogen and oxygen atoms in total. The fourth-order valence-electron chi connectivity index (χ4n) is 0.463. The van der Waals surface area contributed by atoms with Crippen LogP contribution in [0.4, 0.5) is 0 Å².